The lowest BCUT2D eigenvalue weighted by Crippen LogP contribution is -2.12. The van der Waals surface area contributed by atoms with Crippen LogP contribution in [0.1, 0.15) is 41.8 Å². The molecular weight excluding hydrogens is 302 g/mol. The molecule has 1 atom stereocenters. The molecule has 1 fully saturated rings. The van der Waals surface area contributed by atoms with Gasteiger partial charge in [-0.15, -0.1) is 0 Å². The molecule has 1 N–H and O–H groups in total. The van der Waals surface area contributed by atoms with E-state index in [0.29, 0.717) is 11.9 Å². The lowest BCUT2D eigenvalue weighted by atomic mass is 10.1. The van der Waals surface area contributed by atoms with Crippen molar-refractivity contribution in [2.24, 2.45) is 0 Å². The van der Waals surface area contributed by atoms with Crippen LogP contribution in [-0.2, 0) is 4.74 Å². The lowest BCUT2D eigenvalue weighted by Gasteiger charge is -2.15. The standard InChI is InChI=1S/C17H16F2N2O2/c1-10(16-13(18)3-2-4-14(16)19)23-17(22)11-5-8-15(20-9-11)21-12-6-7-12/h2-5,8-10,12H,6-7H2,1H3,(H,20,21)/t10-/m1/s1. The SMILES string of the molecule is C[C@@H](OC(=O)c1ccc(NC2CC2)nc1)c1c(F)cccc1F. The van der Waals surface area contributed by atoms with Crippen LogP contribution in [0.15, 0.2) is 36.5 Å². The van der Waals surface area contributed by atoms with Crippen LogP contribution in [0.3, 0.4) is 0 Å². The molecule has 1 aliphatic rings. The Morgan fingerprint density at radius 1 is 1.26 bits per heavy atom. The van der Waals surface area contributed by atoms with E-state index in [1.54, 1.807) is 12.1 Å². The molecule has 120 valence electrons. The number of hydrogen-bond acceptors (Lipinski definition) is 4. The largest absolute Gasteiger partial charge is 0.454 e. The summed E-state index contributed by atoms with van der Waals surface area (Å²) in [4.78, 5) is 16.2. The van der Waals surface area contributed by atoms with Crippen LogP contribution in [0, 0.1) is 11.6 Å². The summed E-state index contributed by atoms with van der Waals surface area (Å²) in [5, 5.41) is 3.20. The van der Waals surface area contributed by atoms with E-state index < -0.39 is 23.7 Å². The number of anilines is 1. The van der Waals surface area contributed by atoms with Gasteiger partial charge in [-0.05, 0) is 44.0 Å². The van der Waals surface area contributed by atoms with Crippen LogP contribution in [0.5, 0.6) is 0 Å². The smallest absolute Gasteiger partial charge is 0.340 e. The molecule has 2 aromatic rings. The normalized spacial score (nSPS) is 15.1. The average Bonchev–Trinajstić information content (AvgIpc) is 3.31. The molecule has 1 saturated carbocycles. The fourth-order valence-electron chi connectivity index (χ4n) is 2.22. The Bertz CT molecular complexity index is 695. The van der Waals surface area contributed by atoms with Gasteiger partial charge < -0.3 is 10.1 Å². The minimum Gasteiger partial charge on any atom is -0.454 e. The van der Waals surface area contributed by atoms with E-state index >= 15 is 0 Å². The zero-order chi connectivity index (χ0) is 16.4. The molecule has 0 radical (unpaired) electrons. The van der Waals surface area contributed by atoms with Gasteiger partial charge in [-0.3, -0.25) is 0 Å². The summed E-state index contributed by atoms with van der Waals surface area (Å²) in [6.45, 7) is 1.43. The topological polar surface area (TPSA) is 51.2 Å². The Balaban J connectivity index is 1.68. The predicted octanol–water partition coefficient (Wildman–Crippen LogP) is 3.85. The van der Waals surface area contributed by atoms with Gasteiger partial charge in [0.2, 0.25) is 0 Å². The number of pyridine rings is 1. The second-order valence-corrected chi connectivity index (χ2v) is 5.53. The van der Waals surface area contributed by atoms with Crippen molar-refractivity contribution in [2.75, 3.05) is 5.32 Å². The average molecular weight is 318 g/mol. The molecule has 0 saturated heterocycles. The van der Waals surface area contributed by atoms with Crippen LogP contribution in [0.4, 0.5) is 14.6 Å². The molecule has 0 spiro atoms. The fraction of sp³-hybridized carbons (Fsp3) is 0.294. The Labute approximate surface area is 132 Å². The van der Waals surface area contributed by atoms with Gasteiger partial charge in [0.05, 0.1) is 11.1 Å². The summed E-state index contributed by atoms with van der Waals surface area (Å²) >= 11 is 0. The monoisotopic (exact) mass is 318 g/mol. The molecule has 1 heterocycles. The zero-order valence-corrected chi connectivity index (χ0v) is 12.6. The first kappa shape index (κ1) is 15.4. The minimum absolute atomic E-state index is 0.231. The Morgan fingerprint density at radius 2 is 1.96 bits per heavy atom. The number of carbonyl (C=O) groups is 1. The second kappa shape index (κ2) is 6.32. The highest BCUT2D eigenvalue weighted by atomic mass is 19.1. The molecule has 0 amide bonds. The predicted molar refractivity (Wildman–Crippen MR) is 81.1 cm³/mol. The van der Waals surface area contributed by atoms with E-state index in [0.717, 1.165) is 25.0 Å². The van der Waals surface area contributed by atoms with Crippen molar-refractivity contribution < 1.29 is 18.3 Å². The highest BCUT2D eigenvalue weighted by Crippen LogP contribution is 2.25. The first-order chi connectivity index (χ1) is 11.0. The Kier molecular flexibility index (Phi) is 4.23. The zero-order valence-electron chi connectivity index (χ0n) is 12.6. The summed E-state index contributed by atoms with van der Waals surface area (Å²) in [5.41, 5.74) is -0.0317. The van der Waals surface area contributed by atoms with Crippen molar-refractivity contribution in [3.05, 3.63) is 59.3 Å². The van der Waals surface area contributed by atoms with Gasteiger partial charge >= 0.3 is 5.97 Å². The van der Waals surface area contributed by atoms with E-state index in [4.69, 9.17) is 4.74 Å². The number of nitrogens with zero attached hydrogens (tertiary/aromatic N) is 1. The summed E-state index contributed by atoms with van der Waals surface area (Å²) in [6.07, 6.45) is 2.60. The van der Waals surface area contributed by atoms with Gasteiger partial charge in [0.15, 0.2) is 0 Å². The van der Waals surface area contributed by atoms with Crippen LogP contribution < -0.4 is 5.32 Å². The van der Waals surface area contributed by atoms with Crippen molar-refractivity contribution in [1.29, 1.82) is 0 Å². The van der Waals surface area contributed by atoms with Crippen LogP contribution in [-0.4, -0.2) is 17.0 Å². The van der Waals surface area contributed by atoms with E-state index in [1.165, 1.54) is 19.2 Å². The quantitative estimate of drug-likeness (QED) is 0.851. The first-order valence-corrected chi connectivity index (χ1v) is 7.42. The number of ether oxygens (including phenoxy) is 1. The maximum atomic E-state index is 13.7. The molecule has 3 rings (SSSR count). The Morgan fingerprint density at radius 3 is 2.52 bits per heavy atom. The van der Waals surface area contributed by atoms with Gasteiger partial charge in [-0.25, -0.2) is 18.6 Å². The molecule has 1 aromatic carbocycles. The van der Waals surface area contributed by atoms with E-state index in [-0.39, 0.29) is 11.1 Å². The summed E-state index contributed by atoms with van der Waals surface area (Å²) in [5.74, 6) is -1.47. The van der Waals surface area contributed by atoms with E-state index in [1.807, 2.05) is 0 Å². The fourth-order valence-corrected chi connectivity index (χ4v) is 2.22. The van der Waals surface area contributed by atoms with Gasteiger partial charge in [0, 0.05) is 12.2 Å². The van der Waals surface area contributed by atoms with Crippen molar-refractivity contribution in [3.63, 3.8) is 0 Å². The molecule has 6 heteroatoms. The van der Waals surface area contributed by atoms with Gasteiger partial charge in [-0.2, -0.15) is 0 Å². The highest BCUT2D eigenvalue weighted by Gasteiger charge is 2.22. The maximum Gasteiger partial charge on any atom is 0.340 e. The third kappa shape index (κ3) is 3.64. The van der Waals surface area contributed by atoms with Crippen molar-refractivity contribution in [1.82, 2.24) is 4.98 Å². The third-order valence-corrected chi connectivity index (χ3v) is 3.62. The summed E-state index contributed by atoms with van der Waals surface area (Å²) < 4.78 is 32.5. The molecular formula is C17H16F2N2O2. The van der Waals surface area contributed by atoms with E-state index in [9.17, 15) is 13.6 Å². The number of esters is 1. The number of nitrogens with one attached hydrogen (secondary N) is 1. The second-order valence-electron chi connectivity index (χ2n) is 5.53. The van der Waals surface area contributed by atoms with Gasteiger partial charge in [0.1, 0.15) is 23.6 Å². The minimum atomic E-state index is -1.03. The van der Waals surface area contributed by atoms with Crippen molar-refractivity contribution >= 4 is 11.8 Å². The van der Waals surface area contributed by atoms with Crippen LogP contribution >= 0.6 is 0 Å². The van der Waals surface area contributed by atoms with Gasteiger partial charge in [0.25, 0.3) is 0 Å². The number of benzene rings is 1. The highest BCUT2D eigenvalue weighted by molar-refractivity contribution is 5.89. The molecule has 0 aliphatic heterocycles. The Hall–Kier alpha value is -2.50. The molecule has 23 heavy (non-hydrogen) atoms. The number of aromatic nitrogens is 1. The molecule has 0 bridgehead atoms. The number of halogens is 2. The molecule has 1 aromatic heterocycles. The van der Waals surface area contributed by atoms with E-state index in [2.05, 4.69) is 10.3 Å². The molecule has 0 unspecified atom stereocenters. The first-order valence-electron chi connectivity index (χ1n) is 7.42. The van der Waals surface area contributed by atoms with Crippen LogP contribution in [0.25, 0.3) is 0 Å². The summed E-state index contributed by atoms with van der Waals surface area (Å²) in [7, 11) is 0. The van der Waals surface area contributed by atoms with Crippen LogP contribution in [0.2, 0.25) is 0 Å². The molecule has 1 aliphatic carbocycles. The maximum absolute atomic E-state index is 13.7. The number of hydrogen-bond donors (Lipinski definition) is 1. The van der Waals surface area contributed by atoms with Gasteiger partial charge in [-0.1, -0.05) is 6.07 Å². The third-order valence-electron chi connectivity index (χ3n) is 3.62. The molecule has 4 nitrogen and oxygen atoms in total. The number of rotatable bonds is 5. The lowest BCUT2D eigenvalue weighted by molar-refractivity contribution is 0.0324. The summed E-state index contributed by atoms with van der Waals surface area (Å²) in [6, 6.07) is 7.24. The number of carbonyl (C=O) groups excluding carboxylic acids is 1. The van der Waals surface area contributed by atoms with Crippen molar-refractivity contribution in [3.8, 4) is 0 Å². The van der Waals surface area contributed by atoms with Crippen molar-refractivity contribution in [2.45, 2.75) is 31.9 Å².